The highest BCUT2D eigenvalue weighted by molar-refractivity contribution is 5.32. The van der Waals surface area contributed by atoms with Gasteiger partial charge in [0.05, 0.1) is 12.4 Å². The van der Waals surface area contributed by atoms with E-state index in [2.05, 4.69) is 10.4 Å². The monoisotopic (exact) mass is 249 g/mol. The lowest BCUT2D eigenvalue weighted by molar-refractivity contribution is 0.440. The number of nitrogens with zero attached hydrogens (tertiary/aromatic N) is 2. The smallest absolute Gasteiger partial charge is 0.166 e. The zero-order chi connectivity index (χ0) is 13.0. The van der Waals surface area contributed by atoms with Gasteiger partial charge in [0.25, 0.3) is 0 Å². The molecule has 96 valence electrons. The highest BCUT2D eigenvalue weighted by atomic mass is 19.1. The molecule has 18 heavy (non-hydrogen) atoms. The van der Waals surface area contributed by atoms with E-state index in [1.807, 2.05) is 20.0 Å². The van der Waals surface area contributed by atoms with Crippen LogP contribution in [-0.4, -0.2) is 16.8 Å². The van der Waals surface area contributed by atoms with E-state index in [1.165, 1.54) is 6.07 Å². The molecule has 0 saturated carbocycles. The summed E-state index contributed by atoms with van der Waals surface area (Å²) in [7, 11) is 1.82. The lowest BCUT2D eigenvalue weighted by Gasteiger charge is -2.06. The van der Waals surface area contributed by atoms with Crippen molar-refractivity contribution in [3.8, 4) is 11.5 Å². The first-order valence-corrected chi connectivity index (χ1v) is 5.86. The van der Waals surface area contributed by atoms with E-state index in [1.54, 1.807) is 23.1 Å². The second kappa shape index (κ2) is 5.64. The molecule has 1 aromatic heterocycles. The van der Waals surface area contributed by atoms with Gasteiger partial charge in [-0.3, -0.25) is 4.68 Å². The topological polar surface area (TPSA) is 39.1 Å². The molecule has 0 bridgehead atoms. The molecule has 0 spiro atoms. The summed E-state index contributed by atoms with van der Waals surface area (Å²) < 4.78 is 20.9. The van der Waals surface area contributed by atoms with Gasteiger partial charge in [0.2, 0.25) is 0 Å². The maximum Gasteiger partial charge on any atom is 0.166 e. The highest BCUT2D eigenvalue weighted by Crippen LogP contribution is 2.24. The van der Waals surface area contributed by atoms with Crippen LogP contribution < -0.4 is 10.1 Å². The fourth-order valence-electron chi connectivity index (χ4n) is 1.64. The molecule has 0 atom stereocenters. The van der Waals surface area contributed by atoms with Gasteiger partial charge >= 0.3 is 0 Å². The third-order valence-corrected chi connectivity index (χ3v) is 2.54. The molecule has 4 nitrogen and oxygen atoms in total. The molecular formula is C13H16FN3O. The van der Waals surface area contributed by atoms with Gasteiger partial charge in [-0.1, -0.05) is 6.07 Å². The number of ether oxygens (including phenoxy) is 1. The fraction of sp³-hybridized carbons (Fsp3) is 0.308. The van der Waals surface area contributed by atoms with Crippen LogP contribution in [0, 0.1) is 5.82 Å². The van der Waals surface area contributed by atoms with Crippen LogP contribution in [0.25, 0.3) is 0 Å². The lowest BCUT2D eigenvalue weighted by Crippen LogP contribution is -2.05. The Morgan fingerprint density at radius 2 is 2.28 bits per heavy atom. The lowest BCUT2D eigenvalue weighted by atomic mass is 10.2. The van der Waals surface area contributed by atoms with E-state index < -0.39 is 0 Å². The molecule has 2 aromatic rings. The SMILES string of the molecule is CCn1cc(Oc2ccc(CNC)cc2F)cn1. The van der Waals surface area contributed by atoms with Gasteiger partial charge in [-0.15, -0.1) is 0 Å². The van der Waals surface area contributed by atoms with Gasteiger partial charge < -0.3 is 10.1 Å². The number of hydrogen-bond donors (Lipinski definition) is 1. The van der Waals surface area contributed by atoms with Crippen molar-refractivity contribution < 1.29 is 9.13 Å². The minimum Gasteiger partial charge on any atom is -0.451 e. The van der Waals surface area contributed by atoms with E-state index >= 15 is 0 Å². The zero-order valence-corrected chi connectivity index (χ0v) is 10.5. The first kappa shape index (κ1) is 12.6. The Labute approximate surface area is 105 Å². The molecule has 0 amide bonds. The Balaban J connectivity index is 2.13. The minimum absolute atomic E-state index is 0.213. The van der Waals surface area contributed by atoms with Gasteiger partial charge in [-0.2, -0.15) is 5.10 Å². The number of nitrogens with one attached hydrogen (secondary N) is 1. The van der Waals surface area contributed by atoms with Crippen molar-refractivity contribution in [2.75, 3.05) is 7.05 Å². The molecule has 1 heterocycles. The number of halogens is 1. The summed E-state index contributed by atoms with van der Waals surface area (Å²) >= 11 is 0. The van der Waals surface area contributed by atoms with E-state index in [4.69, 9.17) is 4.74 Å². The van der Waals surface area contributed by atoms with Crippen molar-refractivity contribution in [3.05, 3.63) is 42.0 Å². The van der Waals surface area contributed by atoms with Crippen LogP contribution in [0.2, 0.25) is 0 Å². The van der Waals surface area contributed by atoms with Crippen molar-refractivity contribution in [2.45, 2.75) is 20.0 Å². The number of benzene rings is 1. The number of hydrogen-bond acceptors (Lipinski definition) is 3. The molecule has 0 unspecified atom stereocenters. The Morgan fingerprint density at radius 3 is 2.89 bits per heavy atom. The quantitative estimate of drug-likeness (QED) is 0.885. The second-order valence-electron chi connectivity index (χ2n) is 3.93. The summed E-state index contributed by atoms with van der Waals surface area (Å²) in [5.74, 6) is 0.384. The molecule has 0 radical (unpaired) electrons. The largest absolute Gasteiger partial charge is 0.451 e. The van der Waals surface area contributed by atoms with Crippen LogP contribution >= 0.6 is 0 Å². The zero-order valence-electron chi connectivity index (χ0n) is 10.5. The van der Waals surface area contributed by atoms with Crippen molar-refractivity contribution in [1.29, 1.82) is 0 Å². The third kappa shape index (κ3) is 2.87. The first-order chi connectivity index (χ1) is 8.72. The summed E-state index contributed by atoms with van der Waals surface area (Å²) in [6.07, 6.45) is 3.31. The Bertz CT molecular complexity index is 525. The van der Waals surface area contributed by atoms with Gasteiger partial charge in [-0.25, -0.2) is 4.39 Å². The Hall–Kier alpha value is -1.88. The number of aryl methyl sites for hydroxylation is 1. The van der Waals surface area contributed by atoms with Crippen LogP contribution in [0.15, 0.2) is 30.6 Å². The average molecular weight is 249 g/mol. The maximum absolute atomic E-state index is 13.8. The van der Waals surface area contributed by atoms with Gasteiger partial charge in [0, 0.05) is 13.1 Å². The molecule has 2 rings (SSSR count). The first-order valence-electron chi connectivity index (χ1n) is 5.86. The molecule has 5 heteroatoms. The molecule has 0 aliphatic rings. The van der Waals surface area contributed by atoms with E-state index in [0.717, 1.165) is 12.1 Å². The molecule has 0 fully saturated rings. The van der Waals surface area contributed by atoms with E-state index in [-0.39, 0.29) is 11.6 Å². The van der Waals surface area contributed by atoms with Gasteiger partial charge in [-0.05, 0) is 31.7 Å². The third-order valence-electron chi connectivity index (χ3n) is 2.54. The predicted octanol–water partition coefficient (Wildman–Crippen LogP) is 2.55. The minimum atomic E-state index is -0.369. The van der Waals surface area contributed by atoms with E-state index in [9.17, 15) is 4.39 Å². The molecule has 1 aromatic carbocycles. The molecule has 0 aliphatic carbocycles. The molecule has 0 aliphatic heterocycles. The summed E-state index contributed by atoms with van der Waals surface area (Å²) in [4.78, 5) is 0. The summed E-state index contributed by atoms with van der Waals surface area (Å²) in [5, 5.41) is 7.04. The average Bonchev–Trinajstić information content (AvgIpc) is 2.81. The summed E-state index contributed by atoms with van der Waals surface area (Å²) in [6.45, 7) is 3.36. The number of rotatable bonds is 5. The molecule has 0 saturated heterocycles. The highest BCUT2D eigenvalue weighted by Gasteiger charge is 2.07. The maximum atomic E-state index is 13.8. The standard InChI is InChI=1S/C13H16FN3O/c1-3-17-9-11(8-16-17)18-13-5-4-10(7-15-2)6-12(13)14/h4-6,8-9,15H,3,7H2,1-2H3. The molecular weight excluding hydrogens is 233 g/mol. The summed E-state index contributed by atoms with van der Waals surface area (Å²) in [5.41, 5.74) is 0.881. The fourth-order valence-corrected chi connectivity index (χ4v) is 1.64. The van der Waals surface area contributed by atoms with Crippen LogP contribution in [0.1, 0.15) is 12.5 Å². The van der Waals surface area contributed by atoms with Crippen LogP contribution in [0.3, 0.4) is 0 Å². The van der Waals surface area contributed by atoms with Crippen molar-refractivity contribution in [1.82, 2.24) is 15.1 Å². The van der Waals surface area contributed by atoms with Crippen LogP contribution in [0.5, 0.6) is 11.5 Å². The Morgan fingerprint density at radius 1 is 1.44 bits per heavy atom. The van der Waals surface area contributed by atoms with Crippen molar-refractivity contribution in [2.24, 2.45) is 0 Å². The van der Waals surface area contributed by atoms with Gasteiger partial charge in [0.1, 0.15) is 0 Å². The van der Waals surface area contributed by atoms with Crippen molar-refractivity contribution >= 4 is 0 Å². The summed E-state index contributed by atoms with van der Waals surface area (Å²) in [6, 6.07) is 4.93. The van der Waals surface area contributed by atoms with E-state index in [0.29, 0.717) is 12.3 Å². The molecule has 1 N–H and O–H groups in total. The Kier molecular flexibility index (Phi) is 3.94. The normalized spacial score (nSPS) is 10.6. The van der Waals surface area contributed by atoms with Gasteiger partial charge in [0.15, 0.2) is 17.3 Å². The number of aromatic nitrogens is 2. The van der Waals surface area contributed by atoms with Crippen molar-refractivity contribution in [3.63, 3.8) is 0 Å². The predicted molar refractivity (Wildman–Crippen MR) is 67.1 cm³/mol. The van der Waals surface area contributed by atoms with Crippen LogP contribution in [0.4, 0.5) is 4.39 Å². The second-order valence-corrected chi connectivity index (χ2v) is 3.93. The van der Waals surface area contributed by atoms with Crippen LogP contribution in [-0.2, 0) is 13.1 Å².